The summed E-state index contributed by atoms with van der Waals surface area (Å²) in [4.78, 5) is 12.4. The molecule has 2 aromatic carbocycles. The van der Waals surface area contributed by atoms with Crippen LogP contribution in [-0.4, -0.2) is 19.2 Å². The molecule has 0 spiro atoms. The molecule has 2 amide bonds. The zero-order valence-corrected chi connectivity index (χ0v) is 15.6. The van der Waals surface area contributed by atoms with Crippen molar-refractivity contribution in [1.29, 1.82) is 0 Å². The van der Waals surface area contributed by atoms with E-state index in [-0.39, 0.29) is 12.1 Å². The first-order valence-electron chi connectivity index (χ1n) is 8.25. The molecular formula is C19H17BrN2O4. The topological polar surface area (TPSA) is 72.7 Å². The Morgan fingerprint density at radius 3 is 2.62 bits per heavy atom. The molecule has 1 aromatic heterocycles. The second-order valence-electron chi connectivity index (χ2n) is 5.98. The third-order valence-electron chi connectivity index (χ3n) is 4.10. The molecular weight excluding hydrogens is 400 g/mol. The summed E-state index contributed by atoms with van der Waals surface area (Å²) in [5, 5.41) is 6.70. The molecule has 0 radical (unpaired) electrons. The smallest absolute Gasteiger partial charge is 0.319 e. The van der Waals surface area contributed by atoms with E-state index in [1.165, 1.54) is 0 Å². The Balaban J connectivity index is 1.46. The molecule has 0 bridgehead atoms. The summed E-state index contributed by atoms with van der Waals surface area (Å²) in [5.41, 5.74) is 1.40. The molecule has 134 valence electrons. The van der Waals surface area contributed by atoms with Gasteiger partial charge in [-0.2, -0.15) is 0 Å². The van der Waals surface area contributed by atoms with E-state index in [9.17, 15) is 4.79 Å². The van der Waals surface area contributed by atoms with Crippen LogP contribution >= 0.6 is 15.9 Å². The van der Waals surface area contributed by atoms with Gasteiger partial charge in [-0.3, -0.25) is 0 Å². The summed E-state index contributed by atoms with van der Waals surface area (Å²) in [6.07, 6.45) is 0. The lowest BCUT2D eigenvalue weighted by Crippen LogP contribution is -2.31. The van der Waals surface area contributed by atoms with Crippen LogP contribution < -0.4 is 20.1 Å². The maximum absolute atomic E-state index is 12.4. The van der Waals surface area contributed by atoms with Crippen LogP contribution in [0.1, 0.15) is 18.7 Å². The maximum Gasteiger partial charge on any atom is 0.319 e. The third-order valence-corrected chi connectivity index (χ3v) is 4.76. The van der Waals surface area contributed by atoms with Gasteiger partial charge in [-0.25, -0.2) is 4.79 Å². The van der Waals surface area contributed by atoms with Gasteiger partial charge in [0.1, 0.15) is 24.6 Å². The maximum atomic E-state index is 12.4. The molecule has 1 atom stereocenters. The van der Waals surface area contributed by atoms with Crippen molar-refractivity contribution in [1.82, 2.24) is 5.32 Å². The van der Waals surface area contributed by atoms with Crippen LogP contribution in [0.5, 0.6) is 11.5 Å². The average molecular weight is 417 g/mol. The van der Waals surface area contributed by atoms with Crippen LogP contribution in [0.25, 0.3) is 11.0 Å². The highest BCUT2D eigenvalue weighted by atomic mass is 79.9. The second-order valence-corrected chi connectivity index (χ2v) is 6.84. The van der Waals surface area contributed by atoms with E-state index in [1.807, 2.05) is 37.3 Å². The minimum Gasteiger partial charge on any atom is -0.486 e. The predicted molar refractivity (Wildman–Crippen MR) is 102 cm³/mol. The Morgan fingerprint density at radius 1 is 1.12 bits per heavy atom. The summed E-state index contributed by atoms with van der Waals surface area (Å²) in [6.45, 7) is 2.88. The van der Waals surface area contributed by atoms with Gasteiger partial charge in [0.2, 0.25) is 0 Å². The summed E-state index contributed by atoms with van der Waals surface area (Å²) >= 11 is 3.44. The highest BCUT2D eigenvalue weighted by molar-refractivity contribution is 9.10. The Bertz CT molecular complexity index is 936. The lowest BCUT2D eigenvalue weighted by molar-refractivity contribution is 0.171. The quantitative estimate of drug-likeness (QED) is 0.639. The molecule has 1 aliphatic heterocycles. The molecule has 2 N–H and O–H groups in total. The molecule has 1 unspecified atom stereocenters. The fraction of sp³-hybridized carbons (Fsp3) is 0.211. The van der Waals surface area contributed by atoms with E-state index in [2.05, 4.69) is 26.6 Å². The van der Waals surface area contributed by atoms with Crippen molar-refractivity contribution >= 4 is 38.6 Å². The first kappa shape index (κ1) is 16.8. The molecule has 0 saturated heterocycles. The molecule has 4 rings (SSSR count). The zero-order chi connectivity index (χ0) is 18.1. The van der Waals surface area contributed by atoms with Gasteiger partial charge in [0.25, 0.3) is 0 Å². The standard InChI is InChI=1S/C19H17BrN2O4/c1-11(16-8-12-4-2-3-5-15(12)26-16)21-19(23)22-14-10-18-17(9-13(14)20)24-6-7-25-18/h2-5,8-11H,6-7H2,1H3,(H2,21,22,23). The average Bonchev–Trinajstić information content (AvgIpc) is 3.06. The number of ether oxygens (including phenoxy) is 2. The van der Waals surface area contributed by atoms with Crippen LogP contribution in [0.2, 0.25) is 0 Å². The van der Waals surface area contributed by atoms with Crippen molar-refractivity contribution in [2.24, 2.45) is 0 Å². The number of carbonyl (C=O) groups is 1. The Kier molecular flexibility index (Phi) is 4.46. The molecule has 1 aliphatic rings. The van der Waals surface area contributed by atoms with Gasteiger partial charge >= 0.3 is 6.03 Å². The minimum atomic E-state index is -0.338. The van der Waals surface area contributed by atoms with E-state index < -0.39 is 0 Å². The fourth-order valence-corrected chi connectivity index (χ4v) is 3.22. The van der Waals surface area contributed by atoms with Gasteiger partial charge < -0.3 is 24.5 Å². The monoisotopic (exact) mass is 416 g/mol. The van der Waals surface area contributed by atoms with Gasteiger partial charge in [-0.05, 0) is 35.0 Å². The van der Waals surface area contributed by atoms with Crippen LogP contribution in [0.4, 0.5) is 10.5 Å². The lowest BCUT2D eigenvalue weighted by atomic mass is 10.2. The number of nitrogens with one attached hydrogen (secondary N) is 2. The van der Waals surface area contributed by atoms with Gasteiger partial charge in [0.15, 0.2) is 11.5 Å². The number of hydrogen-bond donors (Lipinski definition) is 2. The van der Waals surface area contributed by atoms with Crippen molar-refractivity contribution in [3.63, 3.8) is 0 Å². The van der Waals surface area contributed by atoms with Gasteiger partial charge in [-0.15, -0.1) is 0 Å². The van der Waals surface area contributed by atoms with E-state index in [1.54, 1.807) is 12.1 Å². The van der Waals surface area contributed by atoms with E-state index in [0.717, 1.165) is 11.0 Å². The van der Waals surface area contributed by atoms with E-state index in [4.69, 9.17) is 13.9 Å². The van der Waals surface area contributed by atoms with Crippen molar-refractivity contribution in [3.8, 4) is 11.5 Å². The number of para-hydroxylation sites is 1. The van der Waals surface area contributed by atoms with Crippen molar-refractivity contribution in [3.05, 3.63) is 52.7 Å². The number of benzene rings is 2. The number of anilines is 1. The molecule has 7 heteroatoms. The molecule has 0 saturated carbocycles. The zero-order valence-electron chi connectivity index (χ0n) is 14.0. The number of amides is 2. The Labute approximate surface area is 158 Å². The van der Waals surface area contributed by atoms with Crippen molar-refractivity contribution in [2.45, 2.75) is 13.0 Å². The van der Waals surface area contributed by atoms with Crippen molar-refractivity contribution in [2.75, 3.05) is 18.5 Å². The third kappa shape index (κ3) is 3.35. The molecule has 0 fully saturated rings. The van der Waals surface area contributed by atoms with Gasteiger partial charge in [-0.1, -0.05) is 18.2 Å². The number of halogens is 1. The van der Waals surface area contributed by atoms with Crippen LogP contribution in [0, 0.1) is 0 Å². The Morgan fingerprint density at radius 2 is 1.85 bits per heavy atom. The number of urea groups is 1. The minimum absolute atomic E-state index is 0.279. The summed E-state index contributed by atoms with van der Waals surface area (Å²) < 4.78 is 17.6. The van der Waals surface area contributed by atoms with Crippen LogP contribution in [0.15, 0.2) is 51.4 Å². The molecule has 0 aliphatic carbocycles. The predicted octanol–water partition coefficient (Wildman–Crippen LogP) is 4.85. The highest BCUT2D eigenvalue weighted by Gasteiger charge is 2.18. The van der Waals surface area contributed by atoms with Crippen LogP contribution in [0.3, 0.4) is 0 Å². The lowest BCUT2D eigenvalue weighted by Gasteiger charge is -2.20. The molecule has 26 heavy (non-hydrogen) atoms. The number of hydrogen-bond acceptors (Lipinski definition) is 4. The van der Waals surface area contributed by atoms with Crippen molar-refractivity contribution < 1.29 is 18.7 Å². The normalized spacial score (nSPS) is 14.1. The Hall–Kier alpha value is -2.67. The number of furan rings is 1. The second kappa shape index (κ2) is 6.92. The fourth-order valence-electron chi connectivity index (χ4n) is 2.80. The summed E-state index contributed by atoms with van der Waals surface area (Å²) in [6, 6.07) is 12.6. The van der Waals surface area contributed by atoms with E-state index >= 15 is 0 Å². The van der Waals surface area contributed by atoms with E-state index in [0.29, 0.717) is 40.6 Å². The SMILES string of the molecule is CC(NC(=O)Nc1cc2c(cc1Br)OCCO2)c1cc2ccccc2o1. The molecule has 3 aromatic rings. The molecule has 6 nitrogen and oxygen atoms in total. The first-order chi connectivity index (χ1) is 12.6. The number of carbonyl (C=O) groups excluding carboxylic acids is 1. The summed E-state index contributed by atoms with van der Waals surface area (Å²) in [5.74, 6) is 1.97. The largest absolute Gasteiger partial charge is 0.486 e. The van der Waals surface area contributed by atoms with Crippen LogP contribution in [-0.2, 0) is 0 Å². The highest BCUT2D eigenvalue weighted by Crippen LogP contribution is 2.38. The number of rotatable bonds is 3. The number of fused-ring (bicyclic) bond motifs is 2. The summed E-state index contributed by atoms with van der Waals surface area (Å²) in [7, 11) is 0. The van der Waals surface area contributed by atoms with Gasteiger partial charge in [0.05, 0.1) is 11.7 Å². The van der Waals surface area contributed by atoms with Gasteiger partial charge in [0, 0.05) is 22.0 Å². The molecule has 2 heterocycles. The first-order valence-corrected chi connectivity index (χ1v) is 9.04.